The number of nitrogens with one attached hydrogen (secondary N) is 3. The average molecular weight is 236 g/mol. The molecule has 90 valence electrons. The Balaban J connectivity index is 1.90. The lowest BCUT2D eigenvalue weighted by molar-refractivity contribution is 0.533. The quantitative estimate of drug-likeness (QED) is 0.640. The molecule has 3 rings (SSSR count). The van der Waals surface area contributed by atoms with Crippen LogP contribution < -0.4 is 21.3 Å². The van der Waals surface area contributed by atoms with Gasteiger partial charge in [0, 0.05) is 19.0 Å². The highest BCUT2D eigenvalue weighted by molar-refractivity contribution is 5.43. The summed E-state index contributed by atoms with van der Waals surface area (Å²) in [7, 11) is 0. The molecule has 6 nitrogen and oxygen atoms in total. The predicted molar refractivity (Wildman–Crippen MR) is 59.8 cm³/mol. The van der Waals surface area contributed by atoms with Crippen molar-refractivity contribution in [3.8, 4) is 0 Å². The minimum atomic E-state index is -0.436. The van der Waals surface area contributed by atoms with Crippen molar-refractivity contribution < 1.29 is 4.39 Å². The molecule has 0 bridgehead atoms. The molecule has 0 saturated heterocycles. The van der Waals surface area contributed by atoms with E-state index in [9.17, 15) is 4.39 Å². The van der Waals surface area contributed by atoms with E-state index in [1.165, 1.54) is 0 Å². The molecule has 0 amide bonds. The smallest absolute Gasteiger partial charge is 0.246 e. The second-order valence-electron chi connectivity index (χ2n) is 4.18. The first-order valence-corrected chi connectivity index (χ1v) is 5.49. The lowest BCUT2D eigenvalue weighted by atomic mass is 10.1. The highest BCUT2D eigenvalue weighted by atomic mass is 19.1. The van der Waals surface area contributed by atoms with Gasteiger partial charge in [-0.15, -0.1) is 5.53 Å². The van der Waals surface area contributed by atoms with E-state index in [4.69, 9.17) is 0 Å². The minimum Gasteiger partial charge on any atom is -0.308 e. The Labute approximate surface area is 97.9 Å². The Hall–Kier alpha value is -1.73. The summed E-state index contributed by atoms with van der Waals surface area (Å²) < 4.78 is 12.8. The molecule has 7 heteroatoms. The number of halogens is 1. The second kappa shape index (κ2) is 3.94. The van der Waals surface area contributed by atoms with Crippen LogP contribution in [0.1, 0.15) is 13.3 Å². The van der Waals surface area contributed by atoms with Gasteiger partial charge in [-0.3, -0.25) is 0 Å². The van der Waals surface area contributed by atoms with Gasteiger partial charge >= 0.3 is 0 Å². The number of hydrogen-bond acceptors (Lipinski definition) is 6. The Morgan fingerprint density at radius 2 is 2.18 bits per heavy atom. The highest BCUT2D eigenvalue weighted by Crippen LogP contribution is 2.24. The first kappa shape index (κ1) is 10.4. The standard InChI is InChI=1S/C10H13FN6/c1-6-2-9-8(5-12-6)15-16-17(9)10-13-3-7(11)4-14-10/h3-4,6,12,15-16H,2,5H2,1H3. The van der Waals surface area contributed by atoms with Gasteiger partial charge in [-0.25, -0.2) is 19.4 Å². The van der Waals surface area contributed by atoms with Gasteiger partial charge in [0.05, 0.1) is 23.8 Å². The molecular formula is C10H13FN6. The van der Waals surface area contributed by atoms with E-state index in [0.717, 1.165) is 36.8 Å². The number of rotatable bonds is 1. The zero-order valence-electron chi connectivity index (χ0n) is 9.37. The summed E-state index contributed by atoms with van der Waals surface area (Å²) in [5.74, 6) is 0.00629. The van der Waals surface area contributed by atoms with Crippen LogP contribution in [0.25, 0.3) is 0 Å². The molecule has 3 N–H and O–H groups in total. The Kier molecular flexibility index (Phi) is 2.41. The number of hydrazine groups is 2. The van der Waals surface area contributed by atoms with Gasteiger partial charge in [-0.2, -0.15) is 0 Å². The van der Waals surface area contributed by atoms with E-state index < -0.39 is 5.82 Å². The Morgan fingerprint density at radius 3 is 2.94 bits per heavy atom. The zero-order chi connectivity index (χ0) is 11.8. The van der Waals surface area contributed by atoms with Crippen molar-refractivity contribution in [2.24, 2.45) is 0 Å². The van der Waals surface area contributed by atoms with E-state index in [0.29, 0.717) is 12.0 Å². The molecule has 1 aromatic rings. The molecular weight excluding hydrogens is 223 g/mol. The maximum Gasteiger partial charge on any atom is 0.246 e. The summed E-state index contributed by atoms with van der Waals surface area (Å²) in [4.78, 5) is 7.92. The van der Waals surface area contributed by atoms with Crippen LogP contribution in [0.4, 0.5) is 10.3 Å². The first-order chi connectivity index (χ1) is 8.24. The number of hydrogen-bond donors (Lipinski definition) is 3. The van der Waals surface area contributed by atoms with Crippen LogP contribution in [0.5, 0.6) is 0 Å². The van der Waals surface area contributed by atoms with Gasteiger partial charge in [-0.1, -0.05) is 0 Å². The van der Waals surface area contributed by atoms with E-state index in [1.54, 1.807) is 5.01 Å². The third-order valence-corrected chi connectivity index (χ3v) is 2.87. The van der Waals surface area contributed by atoms with Crippen molar-refractivity contribution in [2.75, 3.05) is 11.6 Å². The number of anilines is 1. The fourth-order valence-corrected chi connectivity index (χ4v) is 1.99. The number of aromatic nitrogens is 2. The topological polar surface area (TPSA) is 65.1 Å². The van der Waals surface area contributed by atoms with Gasteiger partial charge in [0.2, 0.25) is 5.95 Å². The molecule has 3 heterocycles. The monoisotopic (exact) mass is 236 g/mol. The van der Waals surface area contributed by atoms with E-state index in [2.05, 4.69) is 33.2 Å². The largest absolute Gasteiger partial charge is 0.308 e. The van der Waals surface area contributed by atoms with Crippen molar-refractivity contribution in [1.29, 1.82) is 0 Å². The molecule has 17 heavy (non-hydrogen) atoms. The molecule has 1 aromatic heterocycles. The molecule has 2 aliphatic rings. The summed E-state index contributed by atoms with van der Waals surface area (Å²) in [5, 5.41) is 5.10. The van der Waals surface area contributed by atoms with Crippen LogP contribution in [-0.4, -0.2) is 22.6 Å². The van der Waals surface area contributed by atoms with E-state index in [-0.39, 0.29) is 0 Å². The average Bonchev–Trinajstić information content (AvgIpc) is 2.73. The second-order valence-corrected chi connectivity index (χ2v) is 4.18. The first-order valence-electron chi connectivity index (χ1n) is 5.49. The van der Waals surface area contributed by atoms with Gasteiger partial charge in [0.25, 0.3) is 0 Å². The van der Waals surface area contributed by atoms with Crippen LogP contribution in [0, 0.1) is 5.82 Å². The maximum atomic E-state index is 12.8. The van der Waals surface area contributed by atoms with Crippen LogP contribution in [0.2, 0.25) is 0 Å². The van der Waals surface area contributed by atoms with Crippen LogP contribution in [-0.2, 0) is 0 Å². The van der Waals surface area contributed by atoms with Gasteiger partial charge in [-0.05, 0) is 6.92 Å². The summed E-state index contributed by atoms with van der Waals surface area (Å²) in [5.41, 5.74) is 8.22. The van der Waals surface area contributed by atoms with Gasteiger partial charge in [0.15, 0.2) is 5.82 Å². The van der Waals surface area contributed by atoms with Crippen LogP contribution in [0.15, 0.2) is 23.8 Å². The Morgan fingerprint density at radius 1 is 1.41 bits per heavy atom. The normalized spacial score (nSPS) is 23.6. The molecule has 0 radical (unpaired) electrons. The highest BCUT2D eigenvalue weighted by Gasteiger charge is 2.29. The maximum absolute atomic E-state index is 12.8. The lowest BCUT2D eigenvalue weighted by Crippen LogP contribution is -2.39. The van der Waals surface area contributed by atoms with Crippen LogP contribution >= 0.6 is 0 Å². The molecule has 0 fully saturated rings. The fraction of sp³-hybridized carbons (Fsp3) is 0.400. The van der Waals surface area contributed by atoms with Crippen molar-refractivity contribution in [2.45, 2.75) is 19.4 Å². The predicted octanol–water partition coefficient (Wildman–Crippen LogP) is 0.0383. The van der Waals surface area contributed by atoms with Gasteiger partial charge < -0.3 is 10.7 Å². The third kappa shape index (κ3) is 1.83. The molecule has 0 aromatic carbocycles. The molecule has 0 saturated carbocycles. The Bertz CT molecular complexity index is 456. The van der Waals surface area contributed by atoms with E-state index in [1.807, 2.05) is 0 Å². The lowest BCUT2D eigenvalue weighted by Gasteiger charge is -2.24. The summed E-state index contributed by atoms with van der Waals surface area (Å²) in [6.07, 6.45) is 3.19. The summed E-state index contributed by atoms with van der Waals surface area (Å²) >= 11 is 0. The van der Waals surface area contributed by atoms with Gasteiger partial charge in [0.1, 0.15) is 0 Å². The number of nitrogens with zero attached hydrogens (tertiary/aromatic N) is 3. The van der Waals surface area contributed by atoms with Crippen molar-refractivity contribution in [3.05, 3.63) is 29.6 Å². The molecule has 0 aliphatic carbocycles. The minimum absolute atomic E-state index is 0.401. The molecule has 1 unspecified atom stereocenters. The molecule has 0 spiro atoms. The van der Waals surface area contributed by atoms with Crippen LogP contribution in [0.3, 0.4) is 0 Å². The third-order valence-electron chi connectivity index (χ3n) is 2.87. The molecule has 2 aliphatic heterocycles. The van der Waals surface area contributed by atoms with E-state index >= 15 is 0 Å². The fourth-order valence-electron chi connectivity index (χ4n) is 1.99. The van der Waals surface area contributed by atoms with Crippen molar-refractivity contribution >= 4 is 5.95 Å². The zero-order valence-corrected chi connectivity index (χ0v) is 9.37. The summed E-state index contributed by atoms with van der Waals surface area (Å²) in [6, 6.07) is 0.401. The van der Waals surface area contributed by atoms with Crippen molar-refractivity contribution in [3.63, 3.8) is 0 Å². The summed E-state index contributed by atoms with van der Waals surface area (Å²) in [6.45, 7) is 2.90. The van der Waals surface area contributed by atoms with Crippen molar-refractivity contribution in [1.82, 2.24) is 26.2 Å². The SMILES string of the molecule is CC1CC2=C(CN1)NNN2c1ncc(F)cn1. The molecule has 1 atom stereocenters.